The predicted octanol–water partition coefficient (Wildman–Crippen LogP) is 7.98. The summed E-state index contributed by atoms with van der Waals surface area (Å²) in [7, 11) is -0.433. The van der Waals surface area contributed by atoms with Crippen molar-refractivity contribution < 1.29 is 35.8 Å². The Morgan fingerprint density at radius 2 is 1.16 bits per heavy atom. The van der Waals surface area contributed by atoms with Gasteiger partial charge in [-0.15, -0.1) is 0 Å². The van der Waals surface area contributed by atoms with Crippen molar-refractivity contribution in [2.24, 2.45) is 0 Å². The van der Waals surface area contributed by atoms with Crippen LogP contribution in [0.5, 0.6) is 11.5 Å². The lowest BCUT2D eigenvalue weighted by Crippen LogP contribution is -2.37. The molecule has 4 aromatic carbocycles. The second kappa shape index (κ2) is 17.6. The first kappa shape index (κ1) is 41.8. The lowest BCUT2D eigenvalue weighted by atomic mass is 9.82. The number of hydrogen-bond donors (Lipinski definition) is 1. The van der Waals surface area contributed by atoms with Gasteiger partial charge in [-0.25, -0.2) is 21.6 Å². The fraction of sp³-hybridized carbons (Fsp3) is 0.419. The van der Waals surface area contributed by atoms with E-state index in [0.717, 1.165) is 61.8 Å². The number of hydrogen-bond acceptors (Lipinski definition) is 9. The van der Waals surface area contributed by atoms with Crippen LogP contribution in [-0.2, 0) is 37.3 Å². The van der Waals surface area contributed by atoms with Gasteiger partial charge in [0.15, 0.2) is 0 Å². The molecule has 296 valence electrons. The van der Waals surface area contributed by atoms with Gasteiger partial charge in [0.25, 0.3) is 0 Å². The Labute approximate surface area is 327 Å². The number of fused-ring (bicyclic) bond motifs is 2. The predicted molar refractivity (Wildman–Crippen MR) is 214 cm³/mol. The van der Waals surface area contributed by atoms with E-state index < -0.39 is 25.3 Å². The van der Waals surface area contributed by atoms with Crippen molar-refractivity contribution >= 4 is 25.8 Å². The van der Waals surface area contributed by atoms with Gasteiger partial charge in [-0.3, -0.25) is 0 Å². The topological polar surface area (TPSA) is 128 Å². The van der Waals surface area contributed by atoms with Crippen LogP contribution in [0.15, 0.2) is 105 Å². The smallest absolute Gasteiger partial charge is 0.410 e. The van der Waals surface area contributed by atoms with Crippen LogP contribution in [0.3, 0.4) is 0 Å². The van der Waals surface area contributed by atoms with Crippen LogP contribution in [-0.4, -0.2) is 74.8 Å². The van der Waals surface area contributed by atoms with Crippen molar-refractivity contribution in [1.82, 2.24) is 10.2 Å². The van der Waals surface area contributed by atoms with Crippen molar-refractivity contribution in [3.63, 3.8) is 0 Å². The molecule has 12 heteroatoms. The van der Waals surface area contributed by atoms with Gasteiger partial charge in [-0.2, -0.15) is 0 Å². The van der Waals surface area contributed by atoms with Gasteiger partial charge in [0.2, 0.25) is 19.7 Å². The molecule has 2 aliphatic carbocycles. The highest BCUT2D eigenvalue weighted by molar-refractivity contribution is 7.91. The lowest BCUT2D eigenvalue weighted by Gasteiger charge is -2.31. The van der Waals surface area contributed by atoms with Crippen LogP contribution in [0.1, 0.15) is 80.5 Å². The minimum Gasteiger partial charge on any atom is -0.497 e. The number of benzene rings is 4. The molecule has 0 heterocycles. The number of ether oxygens (including phenoxy) is 3. The van der Waals surface area contributed by atoms with Crippen LogP contribution in [0, 0.1) is 0 Å². The molecule has 1 N–H and O–H groups in total. The largest absolute Gasteiger partial charge is 0.497 e. The molecule has 1 amide bonds. The monoisotopic (exact) mass is 790 g/mol. The van der Waals surface area contributed by atoms with Crippen LogP contribution >= 0.6 is 0 Å². The molecule has 6 rings (SSSR count). The van der Waals surface area contributed by atoms with Crippen LogP contribution < -0.4 is 14.8 Å². The average molecular weight is 791 g/mol. The fourth-order valence-electron chi connectivity index (χ4n) is 7.32. The van der Waals surface area contributed by atoms with Crippen LogP contribution in [0.25, 0.3) is 0 Å². The highest BCUT2D eigenvalue weighted by Crippen LogP contribution is 2.36. The Bertz CT molecular complexity index is 2200. The molecule has 10 nitrogen and oxygen atoms in total. The van der Waals surface area contributed by atoms with E-state index >= 15 is 0 Å². The highest BCUT2D eigenvalue weighted by Gasteiger charge is 2.28. The maximum atomic E-state index is 13.1. The highest BCUT2D eigenvalue weighted by atomic mass is 32.2. The van der Waals surface area contributed by atoms with E-state index in [9.17, 15) is 21.6 Å². The second-order valence-corrected chi connectivity index (χ2v) is 19.1. The van der Waals surface area contributed by atoms with Crippen molar-refractivity contribution in [1.29, 1.82) is 0 Å². The SMILES string of the molecule is CNC[C@@H]1CCCc2cc(S(=O)(=O)c3cccc(OC)c3)ccc21.COc1cccc(S(=O)(=O)c2ccc3c(c2)CCC[C@H]3CN(C)C(=O)OC(C)(C)C)c1. The molecule has 4 aromatic rings. The van der Waals surface area contributed by atoms with Gasteiger partial charge in [0, 0.05) is 26.1 Å². The zero-order chi connectivity index (χ0) is 40.0. The summed E-state index contributed by atoms with van der Waals surface area (Å²) in [6.45, 7) is 7.00. The summed E-state index contributed by atoms with van der Waals surface area (Å²) >= 11 is 0. The fourth-order valence-corrected chi connectivity index (χ4v) is 10.0. The van der Waals surface area contributed by atoms with E-state index in [1.54, 1.807) is 72.6 Å². The number of rotatable bonds is 10. The first-order valence-corrected chi connectivity index (χ1v) is 21.7. The summed E-state index contributed by atoms with van der Waals surface area (Å²) in [6, 6.07) is 24.1. The molecule has 0 aliphatic heterocycles. The Kier molecular flexibility index (Phi) is 13.4. The number of nitrogens with zero attached hydrogens (tertiary/aromatic N) is 1. The number of carbonyl (C=O) groups excluding carboxylic acids is 1. The number of aryl methyl sites for hydroxylation is 2. The van der Waals surface area contributed by atoms with Gasteiger partial charge in [-0.1, -0.05) is 24.3 Å². The molecule has 0 fully saturated rings. The molecular weight excluding hydrogens is 737 g/mol. The molecule has 0 saturated heterocycles. The molecule has 0 spiro atoms. The third kappa shape index (κ3) is 10.1. The van der Waals surface area contributed by atoms with Gasteiger partial charge in [0.1, 0.15) is 17.1 Å². The number of amides is 1. The number of nitrogens with one attached hydrogen (secondary N) is 1. The van der Waals surface area contributed by atoms with Gasteiger partial charge in [-0.05, 0) is 155 Å². The number of carbonyl (C=O) groups is 1. The normalized spacial score (nSPS) is 16.8. The molecular formula is C43H54N2O8S2. The van der Waals surface area contributed by atoms with Crippen molar-refractivity contribution in [3.8, 4) is 11.5 Å². The first-order valence-electron chi connectivity index (χ1n) is 18.7. The molecule has 0 bridgehead atoms. The van der Waals surface area contributed by atoms with E-state index in [1.165, 1.54) is 25.8 Å². The molecule has 0 saturated carbocycles. The first-order chi connectivity index (χ1) is 26.1. The molecule has 0 radical (unpaired) electrons. The average Bonchev–Trinajstić information content (AvgIpc) is 3.17. The van der Waals surface area contributed by atoms with Crippen molar-refractivity contribution in [3.05, 3.63) is 107 Å². The zero-order valence-electron chi connectivity index (χ0n) is 32.9. The standard InChI is InChI=1S/C24H31NO5S.C19H23NO3S/c1-24(2,3)30-23(26)25(4)16-18-9-6-8-17-14-21(12-13-22(17)18)31(27,28)20-11-7-10-19(15-20)29-5;1-20-13-15-6-3-5-14-11-18(9-10-19(14)15)24(21,22)17-8-4-7-16(12-17)23-2/h7,10-15,18H,6,8-9,16H2,1-5H3;4,7-12,15,20H,3,5-6,13H2,1-2H3/t18-;15-/m00/s1. The Morgan fingerprint density at radius 3 is 1.62 bits per heavy atom. The molecule has 2 aliphatic rings. The lowest BCUT2D eigenvalue weighted by molar-refractivity contribution is 0.0285. The summed E-state index contributed by atoms with van der Waals surface area (Å²) in [5.74, 6) is 1.66. The summed E-state index contributed by atoms with van der Waals surface area (Å²) in [5.41, 5.74) is 4.02. The van der Waals surface area contributed by atoms with E-state index in [2.05, 4.69) is 5.32 Å². The third-order valence-corrected chi connectivity index (χ3v) is 13.6. The maximum absolute atomic E-state index is 13.1. The minimum atomic E-state index is -3.64. The van der Waals surface area contributed by atoms with E-state index in [-0.39, 0.29) is 26.7 Å². The summed E-state index contributed by atoms with van der Waals surface area (Å²) in [6.07, 6.45) is 5.56. The minimum absolute atomic E-state index is 0.148. The third-order valence-electron chi connectivity index (χ3n) is 10.1. The Morgan fingerprint density at radius 1 is 0.709 bits per heavy atom. The number of likely N-dealkylation sites (N-methyl/N-ethyl adjacent to an activating group) is 2. The molecule has 2 atom stereocenters. The van der Waals surface area contributed by atoms with Gasteiger partial charge < -0.3 is 24.4 Å². The van der Waals surface area contributed by atoms with Gasteiger partial charge >= 0.3 is 6.09 Å². The quantitative estimate of drug-likeness (QED) is 0.170. The van der Waals surface area contributed by atoms with E-state index in [4.69, 9.17) is 14.2 Å². The van der Waals surface area contributed by atoms with Crippen molar-refractivity contribution in [2.45, 2.75) is 96.3 Å². The summed E-state index contributed by atoms with van der Waals surface area (Å²) in [5, 5.41) is 3.23. The molecule has 55 heavy (non-hydrogen) atoms. The Hall–Kier alpha value is -4.39. The van der Waals surface area contributed by atoms with Crippen LogP contribution in [0.4, 0.5) is 4.79 Å². The molecule has 0 aromatic heterocycles. The van der Waals surface area contributed by atoms with E-state index in [1.807, 2.05) is 46.0 Å². The second-order valence-electron chi connectivity index (χ2n) is 15.2. The number of methoxy groups -OCH3 is 2. The zero-order valence-corrected chi connectivity index (χ0v) is 34.6. The van der Waals surface area contributed by atoms with Gasteiger partial charge in [0.05, 0.1) is 33.8 Å². The Balaban J connectivity index is 0.000000218. The maximum Gasteiger partial charge on any atom is 0.410 e. The van der Waals surface area contributed by atoms with Crippen LogP contribution in [0.2, 0.25) is 0 Å². The summed E-state index contributed by atoms with van der Waals surface area (Å²) < 4.78 is 67.9. The van der Waals surface area contributed by atoms with Crippen molar-refractivity contribution in [2.75, 3.05) is 41.4 Å². The number of sulfone groups is 2. The molecule has 0 unspecified atom stereocenters. The van der Waals surface area contributed by atoms with E-state index in [0.29, 0.717) is 28.9 Å². The summed E-state index contributed by atoms with van der Waals surface area (Å²) in [4.78, 5) is 15.1.